The van der Waals surface area contributed by atoms with Crippen molar-refractivity contribution in [2.75, 3.05) is 13.1 Å². The lowest BCUT2D eigenvalue weighted by Crippen LogP contribution is -2.52. The first-order valence-electron chi connectivity index (χ1n) is 8.67. The molecule has 2 aromatic carbocycles. The zero-order chi connectivity index (χ0) is 17.7. The molecule has 5 heteroatoms. The molecule has 0 radical (unpaired) electrons. The lowest BCUT2D eigenvalue weighted by atomic mass is 9.86. The van der Waals surface area contributed by atoms with E-state index >= 15 is 0 Å². The third-order valence-electron chi connectivity index (χ3n) is 5.44. The molecule has 2 aliphatic rings. The number of imidazole rings is 1. The topological polar surface area (TPSA) is 61.9 Å². The summed E-state index contributed by atoms with van der Waals surface area (Å²) < 4.78 is 2.22. The minimum absolute atomic E-state index is 0.0597. The van der Waals surface area contributed by atoms with E-state index in [2.05, 4.69) is 33.8 Å². The van der Waals surface area contributed by atoms with Crippen LogP contribution in [0.4, 0.5) is 0 Å². The van der Waals surface area contributed by atoms with E-state index in [1.165, 1.54) is 11.1 Å². The summed E-state index contributed by atoms with van der Waals surface area (Å²) in [7, 11) is 0. The molecule has 2 aliphatic heterocycles. The third-order valence-corrected chi connectivity index (χ3v) is 5.44. The van der Waals surface area contributed by atoms with Gasteiger partial charge in [0.2, 0.25) is 0 Å². The molecular weight excluding hydrogens is 324 g/mol. The predicted molar refractivity (Wildman–Crippen MR) is 96.4 cm³/mol. The summed E-state index contributed by atoms with van der Waals surface area (Å²) in [6, 6.07) is 17.8. The molecule has 3 heterocycles. The molecule has 5 nitrogen and oxygen atoms in total. The molecule has 26 heavy (non-hydrogen) atoms. The van der Waals surface area contributed by atoms with Crippen molar-refractivity contribution in [3.63, 3.8) is 0 Å². The summed E-state index contributed by atoms with van der Waals surface area (Å²) in [5, 5.41) is 9.23. The lowest BCUT2D eigenvalue weighted by Gasteiger charge is -2.43. The molecule has 0 N–H and O–H groups in total. The number of rotatable bonds is 2. The van der Waals surface area contributed by atoms with Crippen LogP contribution in [0.5, 0.6) is 0 Å². The maximum Gasteiger partial charge on any atom is 0.255 e. The quantitative estimate of drug-likeness (QED) is 0.720. The highest BCUT2D eigenvalue weighted by atomic mass is 16.2. The Bertz CT molecular complexity index is 1060. The van der Waals surface area contributed by atoms with Gasteiger partial charge in [-0.05, 0) is 17.7 Å². The van der Waals surface area contributed by atoms with Gasteiger partial charge in [0.15, 0.2) is 0 Å². The fourth-order valence-electron chi connectivity index (χ4n) is 4.17. The minimum atomic E-state index is -0.0597. The number of carbonyl (C=O) groups is 1. The SMILES string of the molecule is N#Cc1ccccc1C(=O)N1CC(C2c3ccccc3-c3cncn32)C1. The summed E-state index contributed by atoms with van der Waals surface area (Å²) in [4.78, 5) is 18.9. The number of nitrogens with zero attached hydrogens (tertiary/aromatic N) is 4. The molecule has 0 aliphatic carbocycles. The van der Waals surface area contributed by atoms with Crippen LogP contribution in [0.25, 0.3) is 11.3 Å². The first-order valence-corrected chi connectivity index (χ1v) is 8.67. The summed E-state index contributed by atoms with van der Waals surface area (Å²) in [5.74, 6) is 0.292. The molecule has 126 valence electrons. The van der Waals surface area contributed by atoms with Gasteiger partial charge in [-0.3, -0.25) is 4.79 Å². The first-order chi connectivity index (χ1) is 12.8. The Morgan fingerprint density at radius 1 is 1.12 bits per heavy atom. The third kappa shape index (κ3) is 2.02. The highest BCUT2D eigenvalue weighted by molar-refractivity contribution is 5.97. The van der Waals surface area contributed by atoms with Gasteiger partial charge < -0.3 is 9.47 Å². The summed E-state index contributed by atoms with van der Waals surface area (Å²) in [6.07, 6.45) is 3.79. The lowest BCUT2D eigenvalue weighted by molar-refractivity contribution is 0.0428. The second-order valence-electron chi connectivity index (χ2n) is 6.85. The van der Waals surface area contributed by atoms with Crippen LogP contribution in [0.15, 0.2) is 61.1 Å². The van der Waals surface area contributed by atoms with E-state index in [1.54, 1.807) is 24.3 Å². The zero-order valence-corrected chi connectivity index (χ0v) is 14.0. The second kappa shape index (κ2) is 5.57. The van der Waals surface area contributed by atoms with Gasteiger partial charge in [0.1, 0.15) is 0 Å². The van der Waals surface area contributed by atoms with Crippen molar-refractivity contribution in [1.29, 1.82) is 5.26 Å². The Morgan fingerprint density at radius 2 is 1.88 bits per heavy atom. The fraction of sp³-hybridized carbons (Fsp3) is 0.190. The van der Waals surface area contributed by atoms with Crippen molar-refractivity contribution in [3.8, 4) is 17.3 Å². The number of likely N-dealkylation sites (tertiary alicyclic amines) is 1. The number of benzene rings is 2. The second-order valence-corrected chi connectivity index (χ2v) is 6.85. The number of nitriles is 1. The van der Waals surface area contributed by atoms with E-state index in [0.29, 0.717) is 30.1 Å². The van der Waals surface area contributed by atoms with Gasteiger partial charge in [0.25, 0.3) is 5.91 Å². The number of aromatic nitrogens is 2. The van der Waals surface area contributed by atoms with Crippen molar-refractivity contribution in [2.45, 2.75) is 6.04 Å². The van der Waals surface area contributed by atoms with Crippen LogP contribution in [-0.2, 0) is 0 Å². The monoisotopic (exact) mass is 340 g/mol. The Labute approximate surface area is 151 Å². The number of amides is 1. The smallest absolute Gasteiger partial charge is 0.255 e. The molecule has 0 spiro atoms. The van der Waals surface area contributed by atoms with Crippen LogP contribution < -0.4 is 0 Å². The maximum absolute atomic E-state index is 12.8. The van der Waals surface area contributed by atoms with Crippen LogP contribution >= 0.6 is 0 Å². The van der Waals surface area contributed by atoms with Crippen molar-refractivity contribution in [3.05, 3.63) is 77.7 Å². The normalized spacial score (nSPS) is 18.0. The molecule has 1 saturated heterocycles. The first kappa shape index (κ1) is 14.9. The average molecular weight is 340 g/mol. The Morgan fingerprint density at radius 3 is 2.73 bits per heavy atom. The van der Waals surface area contributed by atoms with E-state index in [9.17, 15) is 10.1 Å². The predicted octanol–water partition coefficient (Wildman–Crippen LogP) is 3.10. The minimum Gasteiger partial charge on any atom is -0.338 e. The summed E-state index contributed by atoms with van der Waals surface area (Å²) in [6.45, 7) is 1.38. The standard InChI is InChI=1S/C21H16N4O/c22-9-14-5-1-2-6-16(14)21(26)24-11-15(12-24)20-18-8-4-3-7-17(18)19-10-23-13-25(19)20/h1-8,10,13,15,20H,11-12H2. The Hall–Kier alpha value is -3.39. The van der Waals surface area contributed by atoms with E-state index in [1.807, 2.05) is 23.5 Å². The van der Waals surface area contributed by atoms with Gasteiger partial charge in [-0.25, -0.2) is 4.98 Å². The largest absolute Gasteiger partial charge is 0.338 e. The van der Waals surface area contributed by atoms with Gasteiger partial charge in [-0.15, -0.1) is 0 Å². The average Bonchev–Trinajstić information content (AvgIpc) is 3.23. The molecule has 1 atom stereocenters. The van der Waals surface area contributed by atoms with Crippen molar-refractivity contribution >= 4 is 5.91 Å². The van der Waals surface area contributed by atoms with E-state index < -0.39 is 0 Å². The zero-order valence-electron chi connectivity index (χ0n) is 14.0. The molecule has 1 aromatic heterocycles. The highest BCUT2D eigenvalue weighted by Gasteiger charge is 2.42. The van der Waals surface area contributed by atoms with Gasteiger partial charge in [-0.1, -0.05) is 36.4 Å². The van der Waals surface area contributed by atoms with Crippen molar-refractivity contribution < 1.29 is 4.79 Å². The van der Waals surface area contributed by atoms with Crippen LogP contribution in [0.2, 0.25) is 0 Å². The molecule has 5 rings (SSSR count). The van der Waals surface area contributed by atoms with E-state index in [4.69, 9.17) is 0 Å². The molecule has 1 amide bonds. The van der Waals surface area contributed by atoms with Gasteiger partial charge >= 0.3 is 0 Å². The molecule has 0 bridgehead atoms. The summed E-state index contributed by atoms with van der Waals surface area (Å²) in [5.41, 5.74) is 4.60. The van der Waals surface area contributed by atoms with Crippen LogP contribution in [0.1, 0.15) is 27.5 Å². The van der Waals surface area contributed by atoms with E-state index in [-0.39, 0.29) is 11.9 Å². The molecule has 1 fully saturated rings. The van der Waals surface area contributed by atoms with Crippen LogP contribution in [0.3, 0.4) is 0 Å². The van der Waals surface area contributed by atoms with Crippen molar-refractivity contribution in [1.82, 2.24) is 14.5 Å². The fourth-order valence-corrected chi connectivity index (χ4v) is 4.17. The Kier molecular flexibility index (Phi) is 3.19. The number of carbonyl (C=O) groups excluding carboxylic acids is 1. The molecule has 0 saturated carbocycles. The molecule has 1 unspecified atom stereocenters. The van der Waals surface area contributed by atoms with E-state index in [0.717, 1.165) is 5.69 Å². The molecule has 3 aromatic rings. The number of hydrogen-bond donors (Lipinski definition) is 0. The van der Waals surface area contributed by atoms with Crippen LogP contribution in [0, 0.1) is 17.2 Å². The highest BCUT2D eigenvalue weighted by Crippen LogP contribution is 2.45. The number of hydrogen-bond acceptors (Lipinski definition) is 3. The van der Waals surface area contributed by atoms with Gasteiger partial charge in [-0.2, -0.15) is 5.26 Å². The number of fused-ring (bicyclic) bond motifs is 3. The van der Waals surface area contributed by atoms with Gasteiger partial charge in [0.05, 0.1) is 41.5 Å². The van der Waals surface area contributed by atoms with Crippen molar-refractivity contribution in [2.24, 2.45) is 5.92 Å². The molecular formula is C21H16N4O. The van der Waals surface area contributed by atoms with Crippen LogP contribution in [-0.4, -0.2) is 33.4 Å². The van der Waals surface area contributed by atoms with Gasteiger partial charge in [0, 0.05) is 24.6 Å². The maximum atomic E-state index is 12.8. The summed E-state index contributed by atoms with van der Waals surface area (Å²) >= 11 is 0. The Balaban J connectivity index is 1.40.